The summed E-state index contributed by atoms with van der Waals surface area (Å²) in [6, 6.07) is 0. The molecule has 2 radical (unpaired) electrons. The fourth-order valence-electron chi connectivity index (χ4n) is 0.204. The van der Waals surface area contributed by atoms with E-state index in [1.54, 1.807) is 0 Å². The fraction of sp³-hybridized carbons (Fsp3) is 1.00. The van der Waals surface area contributed by atoms with Crippen molar-refractivity contribution in [1.29, 1.82) is 0 Å². The summed E-state index contributed by atoms with van der Waals surface area (Å²) < 4.78 is 0. The molecular formula is C5H12Si. The quantitative estimate of drug-likeness (QED) is 0.465. The van der Waals surface area contributed by atoms with Crippen molar-refractivity contribution in [2.24, 2.45) is 0 Å². The van der Waals surface area contributed by atoms with Gasteiger partial charge in [0, 0.05) is 9.52 Å². The lowest BCUT2D eigenvalue weighted by atomic mass is 10.4. The highest BCUT2D eigenvalue weighted by atomic mass is 28.2. The van der Waals surface area contributed by atoms with E-state index in [0.29, 0.717) is 0 Å². The van der Waals surface area contributed by atoms with Crippen LogP contribution in [-0.2, 0) is 0 Å². The molecule has 0 saturated carbocycles. The van der Waals surface area contributed by atoms with E-state index in [1.165, 1.54) is 6.42 Å². The molecule has 0 fully saturated rings. The fourth-order valence-corrected chi connectivity index (χ4v) is 0.612. The van der Waals surface area contributed by atoms with Gasteiger partial charge in [0.05, 0.1) is 0 Å². The Bertz CT molecular complexity index is 23.1. The Labute approximate surface area is 42.8 Å². The van der Waals surface area contributed by atoms with E-state index in [4.69, 9.17) is 0 Å². The smallest absolute Gasteiger partial charge is 0.0375 e. The van der Waals surface area contributed by atoms with Gasteiger partial charge in [0.2, 0.25) is 0 Å². The van der Waals surface area contributed by atoms with Crippen LogP contribution >= 0.6 is 0 Å². The van der Waals surface area contributed by atoms with Crippen molar-refractivity contribution in [2.45, 2.75) is 32.4 Å². The molecule has 0 aromatic carbocycles. The Morgan fingerprint density at radius 1 is 1.67 bits per heavy atom. The maximum atomic E-state index is 2.29. The highest BCUT2D eigenvalue weighted by molar-refractivity contribution is 6.35. The molecule has 1 heteroatoms. The Balaban J connectivity index is 2.75. The second-order valence-electron chi connectivity index (χ2n) is 1.60. The van der Waals surface area contributed by atoms with Crippen LogP contribution in [0.2, 0.25) is 12.1 Å². The van der Waals surface area contributed by atoms with Gasteiger partial charge in [-0.2, -0.15) is 0 Å². The van der Waals surface area contributed by atoms with Crippen LogP contribution in [0.1, 0.15) is 20.3 Å². The minimum Gasteiger partial charge on any atom is -0.0731 e. The first-order valence-electron chi connectivity index (χ1n) is 2.48. The highest BCUT2D eigenvalue weighted by Crippen LogP contribution is 2.03. The topological polar surface area (TPSA) is 0 Å². The molecule has 36 valence electrons. The van der Waals surface area contributed by atoms with E-state index in [-0.39, 0.29) is 0 Å². The molecule has 0 aromatic rings. The third-order valence-corrected chi connectivity index (χ3v) is 2.50. The van der Waals surface area contributed by atoms with Crippen LogP contribution in [0.4, 0.5) is 0 Å². The van der Waals surface area contributed by atoms with Gasteiger partial charge in [0.25, 0.3) is 0 Å². The van der Waals surface area contributed by atoms with E-state index in [2.05, 4.69) is 20.4 Å². The molecule has 0 aliphatic heterocycles. The Kier molecular flexibility index (Phi) is 3.53. The van der Waals surface area contributed by atoms with Crippen molar-refractivity contribution < 1.29 is 0 Å². The van der Waals surface area contributed by atoms with Gasteiger partial charge in [0.1, 0.15) is 0 Å². The van der Waals surface area contributed by atoms with E-state index in [1.807, 2.05) is 0 Å². The molecule has 1 unspecified atom stereocenters. The molecular weight excluding hydrogens is 88.1 g/mol. The molecule has 0 bridgehead atoms. The average Bonchev–Trinajstić information content (AvgIpc) is 1.65. The van der Waals surface area contributed by atoms with Crippen LogP contribution in [0, 0.1) is 0 Å². The zero-order chi connectivity index (χ0) is 4.99. The summed E-state index contributed by atoms with van der Waals surface area (Å²) in [5.41, 5.74) is 0.963. The third kappa shape index (κ3) is 2.45. The van der Waals surface area contributed by atoms with Gasteiger partial charge >= 0.3 is 0 Å². The molecule has 1 atom stereocenters. The van der Waals surface area contributed by atoms with Crippen LogP contribution in [0.3, 0.4) is 0 Å². The lowest BCUT2D eigenvalue weighted by Gasteiger charge is -1.97. The summed E-state index contributed by atoms with van der Waals surface area (Å²) in [7, 11) is 1.13. The van der Waals surface area contributed by atoms with Crippen molar-refractivity contribution in [1.82, 2.24) is 0 Å². The maximum absolute atomic E-state index is 2.29. The molecule has 0 spiro atoms. The van der Waals surface area contributed by atoms with Gasteiger partial charge in [-0.1, -0.05) is 32.4 Å². The average molecular weight is 100 g/mol. The Hall–Kier alpha value is 0.217. The Morgan fingerprint density at radius 3 is 2.17 bits per heavy atom. The van der Waals surface area contributed by atoms with Gasteiger partial charge in [0.15, 0.2) is 0 Å². The first-order valence-corrected chi connectivity index (χ1v) is 4.06. The van der Waals surface area contributed by atoms with Gasteiger partial charge in [-0.05, 0) is 0 Å². The first kappa shape index (κ1) is 6.22. The molecule has 0 saturated heterocycles. The Morgan fingerprint density at radius 2 is 2.17 bits per heavy atom. The lowest BCUT2D eigenvalue weighted by molar-refractivity contribution is 0.871. The molecule has 0 rings (SSSR count). The number of hydrogen-bond acceptors (Lipinski definition) is 0. The van der Waals surface area contributed by atoms with Crippen molar-refractivity contribution >= 4 is 9.52 Å². The summed E-state index contributed by atoms with van der Waals surface area (Å²) in [6.07, 6.45) is 1.34. The van der Waals surface area contributed by atoms with Crippen molar-refractivity contribution in [3.05, 3.63) is 0 Å². The second-order valence-corrected chi connectivity index (χ2v) is 3.16. The van der Waals surface area contributed by atoms with Crippen LogP contribution < -0.4 is 0 Å². The normalized spacial score (nSPS) is 14.5. The minimum atomic E-state index is 0.963. The molecule has 0 heterocycles. The molecule has 0 amide bonds. The van der Waals surface area contributed by atoms with E-state index in [9.17, 15) is 0 Å². The zero-order valence-corrected chi connectivity index (χ0v) is 5.78. The van der Waals surface area contributed by atoms with Gasteiger partial charge < -0.3 is 0 Å². The number of rotatable bonds is 2. The second kappa shape index (κ2) is 3.41. The SMILES string of the molecule is CCC(C)[Si]C. The summed E-state index contributed by atoms with van der Waals surface area (Å²) in [4.78, 5) is 0. The van der Waals surface area contributed by atoms with Crippen molar-refractivity contribution in [3.8, 4) is 0 Å². The van der Waals surface area contributed by atoms with Crippen LogP contribution in [-0.4, -0.2) is 9.52 Å². The molecule has 0 nitrogen and oxygen atoms in total. The molecule has 0 aromatic heterocycles. The van der Waals surface area contributed by atoms with Crippen molar-refractivity contribution in [3.63, 3.8) is 0 Å². The standard InChI is InChI=1S/C5H12Si/c1-4-5(2)6-3/h5H,4H2,1-3H3. The molecule has 0 aliphatic rings. The summed E-state index contributed by atoms with van der Waals surface area (Å²) in [6.45, 7) is 6.79. The van der Waals surface area contributed by atoms with E-state index < -0.39 is 0 Å². The molecule has 0 N–H and O–H groups in total. The van der Waals surface area contributed by atoms with Crippen LogP contribution in [0.15, 0.2) is 0 Å². The highest BCUT2D eigenvalue weighted by Gasteiger charge is 1.90. The third-order valence-electron chi connectivity index (χ3n) is 1.11. The van der Waals surface area contributed by atoms with Gasteiger partial charge in [-0.25, -0.2) is 0 Å². The minimum absolute atomic E-state index is 0.963. The summed E-state index contributed by atoms with van der Waals surface area (Å²) in [5.74, 6) is 0. The predicted octanol–water partition coefficient (Wildman–Crippen LogP) is 1.96. The van der Waals surface area contributed by atoms with Gasteiger partial charge in [-0.3, -0.25) is 0 Å². The predicted molar refractivity (Wildman–Crippen MR) is 31.3 cm³/mol. The lowest BCUT2D eigenvalue weighted by Crippen LogP contribution is -1.89. The first-order chi connectivity index (χ1) is 2.81. The van der Waals surface area contributed by atoms with Crippen LogP contribution in [0.25, 0.3) is 0 Å². The monoisotopic (exact) mass is 100 g/mol. The summed E-state index contributed by atoms with van der Waals surface area (Å²) in [5, 5.41) is 0. The zero-order valence-electron chi connectivity index (χ0n) is 4.78. The van der Waals surface area contributed by atoms with E-state index in [0.717, 1.165) is 15.1 Å². The van der Waals surface area contributed by atoms with Gasteiger partial charge in [-0.15, -0.1) is 0 Å². The molecule has 6 heavy (non-hydrogen) atoms. The molecule has 0 aliphatic carbocycles. The summed E-state index contributed by atoms with van der Waals surface area (Å²) >= 11 is 0. The number of hydrogen-bond donors (Lipinski definition) is 0. The van der Waals surface area contributed by atoms with Crippen molar-refractivity contribution in [2.75, 3.05) is 0 Å². The maximum Gasteiger partial charge on any atom is 0.0375 e. The van der Waals surface area contributed by atoms with Crippen LogP contribution in [0.5, 0.6) is 0 Å². The largest absolute Gasteiger partial charge is 0.0731 e. The van der Waals surface area contributed by atoms with E-state index >= 15 is 0 Å².